The fourth-order valence-corrected chi connectivity index (χ4v) is 4.07. The number of rotatable bonds is 2. The van der Waals surface area contributed by atoms with Crippen molar-refractivity contribution in [2.45, 2.75) is 10.4 Å². The summed E-state index contributed by atoms with van der Waals surface area (Å²) in [5.74, 6) is -1.82. The van der Waals surface area contributed by atoms with Crippen molar-refractivity contribution in [3.63, 3.8) is 0 Å². The Bertz CT molecular complexity index is 1270. The monoisotopic (exact) mass is 458 g/mol. The van der Waals surface area contributed by atoms with Gasteiger partial charge in [-0.25, -0.2) is 9.59 Å². The molecule has 0 saturated carbocycles. The van der Waals surface area contributed by atoms with Gasteiger partial charge in [-0.3, -0.25) is 0 Å². The number of benzene rings is 3. The van der Waals surface area contributed by atoms with Crippen LogP contribution in [-0.4, -0.2) is 27.0 Å². The molecule has 1 spiro atoms. The van der Waals surface area contributed by atoms with Crippen LogP contribution in [-0.2, 0) is 15.1 Å². The highest BCUT2D eigenvalue weighted by Crippen LogP contribution is 2.59. The summed E-state index contributed by atoms with van der Waals surface area (Å²) < 4.78 is 17.2. The number of hydrogen-bond donors (Lipinski definition) is 2. The molecule has 2 heterocycles. The minimum Gasteiger partial charge on any atom is -0.508 e. The van der Waals surface area contributed by atoms with Gasteiger partial charge in [0.05, 0.1) is 11.1 Å². The van der Waals surface area contributed by atoms with Crippen molar-refractivity contribution in [2.75, 3.05) is 0 Å². The molecule has 2 aliphatic rings. The number of fused-ring (bicyclic) bond motifs is 6. The van der Waals surface area contributed by atoms with Gasteiger partial charge >= 0.3 is 11.9 Å². The lowest BCUT2D eigenvalue weighted by Crippen LogP contribution is -2.34. The Balaban J connectivity index is 1.87. The van der Waals surface area contributed by atoms with Gasteiger partial charge in [0.25, 0.3) is 0 Å². The zero-order valence-corrected chi connectivity index (χ0v) is 17.0. The molecule has 0 saturated heterocycles. The molecule has 5 rings (SSSR count). The average Bonchev–Trinajstić information content (AvgIpc) is 3.00. The molecule has 0 bridgehead atoms. The number of aromatic hydroxyl groups is 2. The first-order valence-corrected chi connectivity index (χ1v) is 9.90. The van der Waals surface area contributed by atoms with Gasteiger partial charge in [-0.15, -0.1) is 0 Å². The molecule has 0 amide bonds. The van der Waals surface area contributed by atoms with Gasteiger partial charge in [-0.2, -0.15) is 0 Å². The van der Waals surface area contributed by atoms with Crippen LogP contribution in [0.15, 0.2) is 54.6 Å². The maximum absolute atomic E-state index is 12.8. The second-order valence-electron chi connectivity index (χ2n) is 6.94. The highest BCUT2D eigenvalue weighted by atomic mass is 35.5. The number of halogens is 2. The molecule has 9 heteroatoms. The number of carbonyl (C=O) groups is 2. The summed E-state index contributed by atoms with van der Waals surface area (Å²) in [7, 11) is 0. The summed E-state index contributed by atoms with van der Waals surface area (Å²) in [6.07, 6.45) is 0. The highest BCUT2D eigenvalue weighted by molar-refractivity contribution is 6.53. The van der Waals surface area contributed by atoms with Crippen LogP contribution >= 0.6 is 23.2 Å². The predicted octanol–water partition coefficient (Wildman–Crippen LogP) is 4.37. The second-order valence-corrected chi connectivity index (χ2v) is 8.03. The predicted molar refractivity (Wildman–Crippen MR) is 109 cm³/mol. The smallest absolute Gasteiger partial charge is 0.344 e. The van der Waals surface area contributed by atoms with Crippen LogP contribution in [0.25, 0.3) is 0 Å². The standard InChI is InChI=1S/C22H12Cl2O7/c23-19(24)21(28)30-17-9-11(26)8-16-18(17)22(14-6-5-10(25)7-15(14)29-16)13-4-2-1-3-12(13)20(27)31-22/h1-9,19,25-26H. The van der Waals surface area contributed by atoms with Gasteiger partial charge in [0.1, 0.15) is 28.7 Å². The van der Waals surface area contributed by atoms with E-state index in [4.69, 9.17) is 37.4 Å². The maximum atomic E-state index is 12.8. The summed E-state index contributed by atoms with van der Waals surface area (Å²) in [5.41, 5.74) is -0.210. The molecule has 0 aromatic heterocycles. The Morgan fingerprint density at radius 2 is 1.71 bits per heavy atom. The van der Waals surface area contributed by atoms with Crippen molar-refractivity contribution in [3.8, 4) is 28.7 Å². The maximum Gasteiger partial charge on any atom is 0.344 e. The van der Waals surface area contributed by atoms with E-state index in [9.17, 15) is 19.8 Å². The summed E-state index contributed by atoms with van der Waals surface area (Å²) >= 11 is 11.3. The first kappa shape index (κ1) is 19.5. The van der Waals surface area contributed by atoms with Crippen LogP contribution in [0.5, 0.6) is 28.7 Å². The normalized spacial score (nSPS) is 18.1. The molecule has 31 heavy (non-hydrogen) atoms. The SMILES string of the molecule is O=C1OC2(c3ccc(O)cc3Oc3cc(O)cc(OC(=O)C(Cl)Cl)c32)c2ccccc21. The molecule has 1 atom stereocenters. The van der Waals surface area contributed by atoms with Gasteiger partial charge in [-0.1, -0.05) is 41.4 Å². The van der Waals surface area contributed by atoms with E-state index >= 15 is 0 Å². The summed E-state index contributed by atoms with van der Waals surface area (Å²) in [6.45, 7) is 0. The van der Waals surface area contributed by atoms with E-state index < -0.39 is 22.4 Å². The molecule has 3 aromatic rings. The molecule has 0 fully saturated rings. The fourth-order valence-electron chi connectivity index (χ4n) is 3.98. The number of carbonyl (C=O) groups excluding carboxylic acids is 2. The lowest BCUT2D eigenvalue weighted by Gasteiger charge is -2.37. The molecule has 2 N–H and O–H groups in total. The Kier molecular flexibility index (Phi) is 4.28. The molecule has 7 nitrogen and oxygen atoms in total. The van der Waals surface area contributed by atoms with Crippen molar-refractivity contribution in [1.82, 2.24) is 0 Å². The number of alkyl halides is 2. The van der Waals surface area contributed by atoms with Gasteiger partial charge < -0.3 is 24.4 Å². The quantitative estimate of drug-likeness (QED) is 0.333. The van der Waals surface area contributed by atoms with Crippen molar-refractivity contribution in [2.24, 2.45) is 0 Å². The van der Waals surface area contributed by atoms with Crippen LogP contribution in [0.3, 0.4) is 0 Å². The molecule has 156 valence electrons. The molecular formula is C22H12Cl2O7. The number of phenols is 2. The third-order valence-corrected chi connectivity index (χ3v) is 5.48. The largest absolute Gasteiger partial charge is 0.508 e. The van der Waals surface area contributed by atoms with Crippen LogP contribution in [0.1, 0.15) is 27.0 Å². The number of phenolic OH excluding ortho intramolecular Hbond substituents is 2. The molecule has 3 aromatic carbocycles. The third-order valence-electron chi connectivity index (χ3n) is 5.13. The van der Waals surface area contributed by atoms with Gasteiger partial charge in [0.15, 0.2) is 5.60 Å². The topological polar surface area (TPSA) is 102 Å². The molecule has 0 aliphatic carbocycles. The molecule has 1 unspecified atom stereocenters. The van der Waals surface area contributed by atoms with Crippen LogP contribution < -0.4 is 9.47 Å². The Hall–Kier alpha value is -3.42. The molecular weight excluding hydrogens is 447 g/mol. The zero-order valence-electron chi connectivity index (χ0n) is 15.5. The average molecular weight is 459 g/mol. The van der Waals surface area contributed by atoms with Crippen LogP contribution in [0, 0.1) is 0 Å². The lowest BCUT2D eigenvalue weighted by atomic mass is 9.77. The van der Waals surface area contributed by atoms with E-state index in [-0.39, 0.29) is 34.3 Å². The fraction of sp³-hybridized carbons (Fsp3) is 0.0909. The second kappa shape index (κ2) is 6.80. The van der Waals surface area contributed by atoms with Crippen LogP contribution in [0.4, 0.5) is 0 Å². The molecule has 2 aliphatic heterocycles. The van der Waals surface area contributed by atoms with Gasteiger partial charge in [-0.05, 0) is 18.2 Å². The van der Waals surface area contributed by atoms with E-state index in [0.717, 1.165) is 0 Å². The Morgan fingerprint density at radius 3 is 2.48 bits per heavy atom. The summed E-state index contributed by atoms with van der Waals surface area (Å²) in [6, 6.07) is 13.5. The number of esters is 2. The first-order valence-electron chi connectivity index (χ1n) is 9.03. The van der Waals surface area contributed by atoms with E-state index in [1.54, 1.807) is 30.3 Å². The Labute approximate surface area is 185 Å². The third kappa shape index (κ3) is 2.81. The highest BCUT2D eigenvalue weighted by Gasteiger charge is 2.55. The minimum atomic E-state index is -1.57. The first-order chi connectivity index (χ1) is 14.8. The van der Waals surface area contributed by atoms with Crippen molar-refractivity contribution >= 4 is 35.1 Å². The Morgan fingerprint density at radius 1 is 0.968 bits per heavy atom. The van der Waals surface area contributed by atoms with Crippen molar-refractivity contribution in [3.05, 3.63) is 76.9 Å². The zero-order chi connectivity index (χ0) is 21.9. The van der Waals surface area contributed by atoms with E-state index in [0.29, 0.717) is 16.7 Å². The number of ether oxygens (including phenoxy) is 3. The van der Waals surface area contributed by atoms with Gasteiger partial charge in [0.2, 0.25) is 4.84 Å². The van der Waals surface area contributed by atoms with E-state index in [2.05, 4.69) is 0 Å². The minimum absolute atomic E-state index is 0.0612. The van der Waals surface area contributed by atoms with Crippen molar-refractivity contribution < 1.29 is 34.0 Å². The number of hydrogen-bond acceptors (Lipinski definition) is 7. The van der Waals surface area contributed by atoms with E-state index in [1.165, 1.54) is 24.3 Å². The summed E-state index contributed by atoms with van der Waals surface area (Å²) in [4.78, 5) is 23.5. The lowest BCUT2D eigenvalue weighted by molar-refractivity contribution is -0.132. The molecule has 0 radical (unpaired) electrons. The van der Waals surface area contributed by atoms with Crippen molar-refractivity contribution in [1.29, 1.82) is 0 Å². The summed E-state index contributed by atoms with van der Waals surface area (Å²) in [5, 5.41) is 20.2. The van der Waals surface area contributed by atoms with Gasteiger partial charge in [0, 0.05) is 29.3 Å². The van der Waals surface area contributed by atoms with Crippen LogP contribution in [0.2, 0.25) is 0 Å². The van der Waals surface area contributed by atoms with E-state index in [1.807, 2.05) is 0 Å².